The van der Waals surface area contributed by atoms with Gasteiger partial charge in [0, 0.05) is 30.8 Å². The van der Waals surface area contributed by atoms with Crippen molar-refractivity contribution < 1.29 is 31.8 Å². The number of rotatable bonds is 5. The SMILES string of the molecule is CC1(OC(=O)N2CCC(C[C@H]3CO[C@@H](c4ccc(S(C)(=O)=O)c(F)c4)OC3)CC2)CC1. The Labute approximate surface area is 182 Å². The molecule has 1 aromatic rings. The molecular weight excluding hydrogens is 425 g/mol. The van der Waals surface area contributed by atoms with Gasteiger partial charge in [0.15, 0.2) is 16.1 Å². The van der Waals surface area contributed by atoms with Crippen LogP contribution in [-0.2, 0) is 24.0 Å². The highest BCUT2D eigenvalue weighted by Gasteiger charge is 2.43. The lowest BCUT2D eigenvalue weighted by molar-refractivity contribution is -0.208. The average Bonchev–Trinajstić information content (AvgIpc) is 3.44. The third kappa shape index (κ3) is 5.56. The van der Waals surface area contributed by atoms with Gasteiger partial charge >= 0.3 is 6.09 Å². The van der Waals surface area contributed by atoms with Crippen LogP contribution in [0.15, 0.2) is 23.1 Å². The van der Waals surface area contributed by atoms with E-state index in [0.29, 0.717) is 37.8 Å². The number of hydrogen-bond acceptors (Lipinski definition) is 6. The summed E-state index contributed by atoms with van der Waals surface area (Å²) in [6, 6.07) is 3.95. The first kappa shape index (κ1) is 22.5. The molecule has 0 N–H and O–H groups in total. The van der Waals surface area contributed by atoms with Crippen LogP contribution in [0.2, 0.25) is 0 Å². The number of amides is 1. The standard InChI is InChI=1S/C22H30FNO6S/c1-22(7-8-22)30-21(25)24-9-5-15(6-10-24)11-16-13-28-20(29-14-16)17-3-4-19(18(23)12-17)31(2,26)27/h3-4,12,15-16,20H,5-11,13-14H2,1-2H3/t16-,20+. The van der Waals surface area contributed by atoms with Gasteiger partial charge in [0.25, 0.3) is 0 Å². The number of sulfone groups is 1. The van der Waals surface area contributed by atoms with Crippen molar-refractivity contribution in [2.75, 3.05) is 32.6 Å². The fraction of sp³-hybridized carbons (Fsp3) is 0.682. The Hall–Kier alpha value is -1.71. The summed E-state index contributed by atoms with van der Waals surface area (Å²) < 4.78 is 54.4. The van der Waals surface area contributed by atoms with Crippen LogP contribution in [0.3, 0.4) is 0 Å². The number of carbonyl (C=O) groups excluding carboxylic acids is 1. The van der Waals surface area contributed by atoms with Gasteiger partial charge < -0.3 is 19.1 Å². The van der Waals surface area contributed by atoms with Crippen molar-refractivity contribution in [2.45, 2.75) is 55.8 Å². The summed E-state index contributed by atoms with van der Waals surface area (Å²) in [5.41, 5.74) is 0.231. The molecule has 7 nitrogen and oxygen atoms in total. The van der Waals surface area contributed by atoms with Crippen molar-refractivity contribution in [3.63, 3.8) is 0 Å². The highest BCUT2D eigenvalue weighted by molar-refractivity contribution is 7.90. The molecule has 0 atom stereocenters. The topological polar surface area (TPSA) is 82.1 Å². The summed E-state index contributed by atoms with van der Waals surface area (Å²) in [6.45, 7) is 4.40. The molecule has 9 heteroatoms. The van der Waals surface area contributed by atoms with Gasteiger partial charge in [-0.1, -0.05) is 6.07 Å². The quantitative estimate of drug-likeness (QED) is 0.674. The zero-order valence-electron chi connectivity index (χ0n) is 18.0. The number of halogens is 1. The minimum atomic E-state index is -3.61. The fourth-order valence-corrected chi connectivity index (χ4v) is 4.94. The second-order valence-corrected chi connectivity index (χ2v) is 11.3. The van der Waals surface area contributed by atoms with Crippen LogP contribution in [0, 0.1) is 17.7 Å². The molecule has 0 bridgehead atoms. The molecule has 1 amide bonds. The predicted octanol–water partition coefficient (Wildman–Crippen LogP) is 3.68. The van der Waals surface area contributed by atoms with E-state index in [9.17, 15) is 17.6 Å². The first-order chi connectivity index (χ1) is 14.6. The maximum atomic E-state index is 14.1. The molecule has 0 spiro atoms. The summed E-state index contributed by atoms with van der Waals surface area (Å²) in [7, 11) is -3.61. The second-order valence-electron chi connectivity index (χ2n) is 9.31. The van der Waals surface area contributed by atoms with Crippen molar-refractivity contribution in [3.05, 3.63) is 29.6 Å². The normalized spacial score (nSPS) is 26.5. The van der Waals surface area contributed by atoms with Crippen LogP contribution in [0.25, 0.3) is 0 Å². The first-order valence-electron chi connectivity index (χ1n) is 10.8. The smallest absolute Gasteiger partial charge is 0.410 e. The molecule has 2 aliphatic heterocycles. The molecule has 1 saturated carbocycles. The largest absolute Gasteiger partial charge is 0.443 e. The maximum absolute atomic E-state index is 14.1. The molecule has 1 aromatic carbocycles. The molecule has 3 aliphatic rings. The molecule has 3 fully saturated rings. The van der Waals surface area contributed by atoms with Crippen LogP contribution in [-0.4, -0.2) is 57.6 Å². The summed E-state index contributed by atoms with van der Waals surface area (Å²) in [4.78, 5) is 13.7. The molecular formula is C22H30FNO6S. The minimum absolute atomic E-state index is 0.195. The molecule has 172 valence electrons. The van der Waals surface area contributed by atoms with Crippen LogP contribution < -0.4 is 0 Å². The molecule has 0 unspecified atom stereocenters. The van der Waals surface area contributed by atoms with Crippen molar-refractivity contribution in [3.8, 4) is 0 Å². The van der Waals surface area contributed by atoms with E-state index in [-0.39, 0.29) is 22.5 Å². The van der Waals surface area contributed by atoms with Gasteiger partial charge in [-0.25, -0.2) is 17.6 Å². The number of nitrogens with zero attached hydrogens (tertiary/aromatic N) is 1. The summed E-state index contributed by atoms with van der Waals surface area (Å²) in [5, 5.41) is 0. The van der Waals surface area contributed by atoms with E-state index >= 15 is 0 Å². The van der Waals surface area contributed by atoms with Gasteiger partial charge in [-0.05, 0) is 57.1 Å². The van der Waals surface area contributed by atoms with Gasteiger partial charge in [-0.15, -0.1) is 0 Å². The average molecular weight is 456 g/mol. The Kier molecular flexibility index (Phi) is 6.29. The first-order valence-corrected chi connectivity index (χ1v) is 12.7. The number of carbonyl (C=O) groups is 1. The second kappa shape index (κ2) is 8.67. The van der Waals surface area contributed by atoms with Gasteiger partial charge in [-0.2, -0.15) is 0 Å². The van der Waals surface area contributed by atoms with E-state index in [1.165, 1.54) is 12.1 Å². The summed E-state index contributed by atoms with van der Waals surface area (Å²) in [6.07, 6.45) is 4.81. The van der Waals surface area contributed by atoms with E-state index < -0.39 is 21.9 Å². The lowest BCUT2D eigenvalue weighted by atomic mass is 9.87. The maximum Gasteiger partial charge on any atom is 0.410 e. The molecule has 0 radical (unpaired) electrons. The summed E-state index contributed by atoms with van der Waals surface area (Å²) >= 11 is 0. The van der Waals surface area contributed by atoms with E-state index in [4.69, 9.17) is 14.2 Å². The minimum Gasteiger partial charge on any atom is -0.443 e. The highest BCUT2D eigenvalue weighted by atomic mass is 32.2. The van der Waals surface area contributed by atoms with Crippen LogP contribution in [0.5, 0.6) is 0 Å². The van der Waals surface area contributed by atoms with Gasteiger partial charge in [0.1, 0.15) is 16.3 Å². The van der Waals surface area contributed by atoms with Crippen molar-refractivity contribution in [1.29, 1.82) is 0 Å². The van der Waals surface area contributed by atoms with Crippen LogP contribution in [0.4, 0.5) is 9.18 Å². The lowest BCUT2D eigenvalue weighted by Gasteiger charge is -2.35. The van der Waals surface area contributed by atoms with E-state index in [2.05, 4.69) is 0 Å². The van der Waals surface area contributed by atoms with Gasteiger partial charge in [0.2, 0.25) is 0 Å². The molecule has 2 saturated heterocycles. The van der Waals surface area contributed by atoms with E-state index in [1.807, 2.05) is 6.92 Å². The number of benzene rings is 1. The lowest BCUT2D eigenvalue weighted by Crippen LogP contribution is -2.41. The number of hydrogen-bond donors (Lipinski definition) is 0. The molecule has 0 aromatic heterocycles. The van der Waals surface area contributed by atoms with Crippen molar-refractivity contribution >= 4 is 15.9 Å². The van der Waals surface area contributed by atoms with Gasteiger partial charge in [-0.3, -0.25) is 0 Å². The molecule has 1 aliphatic carbocycles. The van der Waals surface area contributed by atoms with Crippen LogP contribution in [0.1, 0.15) is 50.9 Å². The Morgan fingerprint density at radius 2 is 1.84 bits per heavy atom. The number of ether oxygens (including phenoxy) is 3. The molecule has 2 heterocycles. The fourth-order valence-electron chi connectivity index (χ4n) is 4.21. The van der Waals surface area contributed by atoms with E-state index in [1.54, 1.807) is 4.90 Å². The molecule has 4 rings (SSSR count). The van der Waals surface area contributed by atoms with E-state index in [0.717, 1.165) is 44.4 Å². The van der Waals surface area contributed by atoms with Crippen molar-refractivity contribution in [2.24, 2.45) is 11.8 Å². The Morgan fingerprint density at radius 3 is 2.39 bits per heavy atom. The van der Waals surface area contributed by atoms with Gasteiger partial charge in [0.05, 0.1) is 13.2 Å². The molecule has 31 heavy (non-hydrogen) atoms. The third-order valence-electron chi connectivity index (χ3n) is 6.42. The van der Waals surface area contributed by atoms with Crippen molar-refractivity contribution in [1.82, 2.24) is 4.90 Å². The Bertz CT molecular complexity index is 916. The zero-order chi connectivity index (χ0) is 22.2. The highest BCUT2D eigenvalue weighted by Crippen LogP contribution is 2.39. The number of piperidine rings is 1. The van der Waals surface area contributed by atoms with Crippen LogP contribution >= 0.6 is 0 Å². The third-order valence-corrected chi connectivity index (χ3v) is 7.55. The zero-order valence-corrected chi connectivity index (χ0v) is 18.8. The number of likely N-dealkylation sites (tertiary alicyclic amines) is 1. The summed E-state index contributed by atoms with van der Waals surface area (Å²) in [5.74, 6) is -0.0543. The Morgan fingerprint density at radius 1 is 1.19 bits per heavy atom. The monoisotopic (exact) mass is 455 g/mol. The Balaban J connectivity index is 1.22. The predicted molar refractivity (Wildman–Crippen MR) is 111 cm³/mol.